The van der Waals surface area contributed by atoms with Crippen molar-refractivity contribution in [1.29, 1.82) is 0 Å². The second kappa shape index (κ2) is 8.21. The van der Waals surface area contributed by atoms with Crippen LogP contribution in [0.1, 0.15) is 32.9 Å². The van der Waals surface area contributed by atoms with Gasteiger partial charge in [-0.1, -0.05) is 0 Å². The minimum atomic E-state index is -1.09. The molecule has 0 radical (unpaired) electrons. The molecular formula is C18H24N4O7. The highest BCUT2D eigenvalue weighted by Gasteiger charge is 2.48. The predicted molar refractivity (Wildman–Crippen MR) is 98.8 cm³/mol. The number of ether oxygens (including phenoxy) is 4. The standard InChI is InChI=1S/C18H24N4O7/c1-4-26-16(24)10(2)28-17(25)27-8-11-7-14(23)18(3,29-11)13-6-5-12-15(19)20-9-21-22(12)13/h5-6,9-11,14,23H,4,7-8H2,1-3H3,(H2,19,20,21)/t10-,11-,14+,18-/m0/s1. The Labute approximate surface area is 166 Å². The number of carbonyl (C=O) groups is 2. The van der Waals surface area contributed by atoms with E-state index in [9.17, 15) is 14.7 Å². The summed E-state index contributed by atoms with van der Waals surface area (Å²) >= 11 is 0. The summed E-state index contributed by atoms with van der Waals surface area (Å²) in [5, 5.41) is 14.8. The molecule has 0 bridgehead atoms. The zero-order chi connectivity index (χ0) is 21.2. The quantitative estimate of drug-likeness (QED) is 0.657. The van der Waals surface area contributed by atoms with Crippen LogP contribution >= 0.6 is 0 Å². The van der Waals surface area contributed by atoms with Gasteiger partial charge in [0.25, 0.3) is 0 Å². The summed E-state index contributed by atoms with van der Waals surface area (Å²) in [6, 6.07) is 3.49. The molecule has 2 aromatic rings. The van der Waals surface area contributed by atoms with Crippen molar-refractivity contribution < 1.29 is 33.6 Å². The number of esters is 1. The van der Waals surface area contributed by atoms with Gasteiger partial charge in [-0.2, -0.15) is 5.10 Å². The molecular weight excluding hydrogens is 384 g/mol. The molecule has 3 heterocycles. The summed E-state index contributed by atoms with van der Waals surface area (Å²) in [5.74, 6) is -0.355. The van der Waals surface area contributed by atoms with Gasteiger partial charge in [0.05, 0.1) is 24.5 Å². The summed E-state index contributed by atoms with van der Waals surface area (Å²) < 4.78 is 22.2. The molecule has 0 saturated carbocycles. The fourth-order valence-electron chi connectivity index (χ4n) is 3.26. The van der Waals surface area contributed by atoms with Crippen LogP contribution < -0.4 is 5.73 Å². The number of aliphatic hydroxyl groups excluding tert-OH is 1. The van der Waals surface area contributed by atoms with Crippen LogP contribution in [0.4, 0.5) is 10.6 Å². The van der Waals surface area contributed by atoms with Gasteiger partial charge < -0.3 is 29.8 Å². The molecule has 3 rings (SSSR count). The highest BCUT2D eigenvalue weighted by Crippen LogP contribution is 2.40. The smallest absolute Gasteiger partial charge is 0.463 e. The van der Waals surface area contributed by atoms with Crippen LogP contribution in [-0.2, 0) is 29.3 Å². The van der Waals surface area contributed by atoms with Gasteiger partial charge in [0.1, 0.15) is 24.1 Å². The number of nitrogen functional groups attached to an aromatic ring is 1. The largest absolute Gasteiger partial charge is 0.509 e. The molecule has 3 N–H and O–H groups in total. The van der Waals surface area contributed by atoms with Gasteiger partial charge in [-0.05, 0) is 32.9 Å². The Morgan fingerprint density at radius 2 is 2.21 bits per heavy atom. The Morgan fingerprint density at radius 3 is 2.93 bits per heavy atom. The summed E-state index contributed by atoms with van der Waals surface area (Å²) in [5.41, 5.74) is 5.95. The number of nitrogens with two attached hydrogens (primary N) is 1. The molecule has 0 aliphatic carbocycles. The maximum absolute atomic E-state index is 11.8. The maximum atomic E-state index is 11.8. The highest BCUT2D eigenvalue weighted by molar-refractivity contribution is 5.76. The van der Waals surface area contributed by atoms with E-state index in [1.165, 1.54) is 13.3 Å². The van der Waals surface area contributed by atoms with Crippen molar-refractivity contribution in [3.05, 3.63) is 24.2 Å². The predicted octanol–water partition coefficient (Wildman–Crippen LogP) is 0.781. The van der Waals surface area contributed by atoms with Crippen LogP contribution in [0.2, 0.25) is 0 Å². The lowest BCUT2D eigenvalue weighted by Crippen LogP contribution is -2.35. The monoisotopic (exact) mass is 408 g/mol. The molecule has 158 valence electrons. The first-order valence-corrected chi connectivity index (χ1v) is 9.20. The van der Waals surface area contributed by atoms with E-state index in [0.29, 0.717) is 17.0 Å². The van der Waals surface area contributed by atoms with Crippen LogP contribution in [0.15, 0.2) is 18.5 Å². The SMILES string of the molecule is CCOC(=O)[C@H](C)OC(=O)OC[C@@H]1C[C@@H](O)[C@](C)(c2ccc3c(N)ncnn23)O1. The van der Waals surface area contributed by atoms with E-state index in [0.717, 1.165) is 0 Å². The van der Waals surface area contributed by atoms with Crippen molar-refractivity contribution in [2.24, 2.45) is 0 Å². The molecule has 11 nitrogen and oxygen atoms in total. The van der Waals surface area contributed by atoms with Gasteiger partial charge in [-0.3, -0.25) is 0 Å². The molecule has 2 aromatic heterocycles. The van der Waals surface area contributed by atoms with Crippen molar-refractivity contribution in [2.75, 3.05) is 18.9 Å². The number of fused-ring (bicyclic) bond motifs is 1. The van der Waals surface area contributed by atoms with Gasteiger partial charge in [0.15, 0.2) is 11.9 Å². The molecule has 1 saturated heterocycles. The first-order valence-electron chi connectivity index (χ1n) is 9.20. The van der Waals surface area contributed by atoms with E-state index in [-0.39, 0.29) is 19.6 Å². The fraction of sp³-hybridized carbons (Fsp3) is 0.556. The lowest BCUT2D eigenvalue weighted by atomic mass is 9.95. The molecule has 1 aliphatic heterocycles. The van der Waals surface area contributed by atoms with Crippen molar-refractivity contribution >= 4 is 23.5 Å². The van der Waals surface area contributed by atoms with Crippen molar-refractivity contribution in [2.45, 2.75) is 51.1 Å². The molecule has 4 atom stereocenters. The second-order valence-corrected chi connectivity index (χ2v) is 6.83. The van der Waals surface area contributed by atoms with Gasteiger partial charge >= 0.3 is 12.1 Å². The van der Waals surface area contributed by atoms with Crippen molar-refractivity contribution in [1.82, 2.24) is 14.6 Å². The Kier molecular flexibility index (Phi) is 5.89. The van der Waals surface area contributed by atoms with Crippen molar-refractivity contribution in [3.8, 4) is 0 Å². The van der Waals surface area contributed by atoms with E-state index in [4.69, 9.17) is 24.7 Å². The Hall–Kier alpha value is -2.92. The maximum Gasteiger partial charge on any atom is 0.509 e. The Bertz CT molecular complexity index is 901. The molecule has 0 amide bonds. The number of hydrogen-bond acceptors (Lipinski definition) is 10. The van der Waals surface area contributed by atoms with Crippen LogP contribution in [0.3, 0.4) is 0 Å². The molecule has 1 aliphatic rings. The van der Waals surface area contributed by atoms with Gasteiger partial charge in [-0.15, -0.1) is 0 Å². The zero-order valence-electron chi connectivity index (χ0n) is 16.4. The zero-order valence-corrected chi connectivity index (χ0v) is 16.4. The normalized spacial score (nSPS) is 25.0. The molecule has 11 heteroatoms. The number of hydrogen-bond donors (Lipinski definition) is 2. The molecule has 1 fully saturated rings. The lowest BCUT2D eigenvalue weighted by molar-refractivity contribution is -0.153. The first kappa shape index (κ1) is 20.8. The highest BCUT2D eigenvalue weighted by atomic mass is 16.7. The summed E-state index contributed by atoms with van der Waals surface area (Å²) in [7, 11) is 0. The van der Waals surface area contributed by atoms with E-state index in [1.54, 1.807) is 30.5 Å². The Balaban J connectivity index is 1.62. The first-order chi connectivity index (χ1) is 13.8. The average Bonchev–Trinajstić information content (AvgIpc) is 3.23. The topological polar surface area (TPSA) is 148 Å². The van der Waals surface area contributed by atoms with Crippen LogP contribution in [0.25, 0.3) is 5.52 Å². The lowest BCUT2D eigenvalue weighted by Gasteiger charge is -2.27. The Morgan fingerprint density at radius 1 is 1.45 bits per heavy atom. The van der Waals surface area contributed by atoms with Crippen LogP contribution in [0.5, 0.6) is 0 Å². The fourth-order valence-corrected chi connectivity index (χ4v) is 3.26. The summed E-state index contributed by atoms with van der Waals surface area (Å²) in [6.45, 7) is 4.79. The number of aromatic nitrogens is 3. The number of aliphatic hydroxyl groups is 1. The number of nitrogens with zero attached hydrogens (tertiary/aromatic N) is 3. The van der Waals surface area contributed by atoms with Gasteiger partial charge in [0, 0.05) is 6.42 Å². The van der Waals surface area contributed by atoms with Crippen LogP contribution in [0, 0.1) is 0 Å². The molecule has 0 unspecified atom stereocenters. The van der Waals surface area contributed by atoms with Gasteiger partial charge in [0.2, 0.25) is 0 Å². The number of carbonyl (C=O) groups excluding carboxylic acids is 2. The average molecular weight is 408 g/mol. The number of rotatable bonds is 6. The minimum absolute atomic E-state index is 0.151. The number of anilines is 1. The van der Waals surface area contributed by atoms with E-state index in [1.807, 2.05) is 0 Å². The third-order valence-corrected chi connectivity index (χ3v) is 4.80. The van der Waals surface area contributed by atoms with Crippen LogP contribution in [-0.4, -0.2) is 63.4 Å². The third kappa shape index (κ3) is 4.10. The van der Waals surface area contributed by atoms with E-state index >= 15 is 0 Å². The summed E-state index contributed by atoms with van der Waals surface area (Å²) in [4.78, 5) is 27.2. The molecule has 0 aromatic carbocycles. The van der Waals surface area contributed by atoms with E-state index < -0.39 is 36.0 Å². The van der Waals surface area contributed by atoms with Gasteiger partial charge in [-0.25, -0.2) is 19.1 Å². The summed E-state index contributed by atoms with van der Waals surface area (Å²) in [6.07, 6.45) is -2.01. The van der Waals surface area contributed by atoms with Crippen molar-refractivity contribution in [3.63, 3.8) is 0 Å². The van der Waals surface area contributed by atoms with E-state index in [2.05, 4.69) is 10.1 Å². The second-order valence-electron chi connectivity index (χ2n) is 6.83. The molecule has 29 heavy (non-hydrogen) atoms. The minimum Gasteiger partial charge on any atom is -0.463 e. The molecule has 0 spiro atoms. The third-order valence-electron chi connectivity index (χ3n) is 4.80.